The van der Waals surface area contributed by atoms with Crippen LogP contribution in [-0.4, -0.2) is 35.0 Å². The molecule has 1 N–H and O–H groups in total. The Balaban J connectivity index is 2.01. The Labute approximate surface area is 121 Å². The highest BCUT2D eigenvalue weighted by Gasteiger charge is 2.42. The van der Waals surface area contributed by atoms with Gasteiger partial charge < -0.3 is 10.0 Å². The molecular formula is C16H27NO3. The molecule has 2 rings (SSSR count). The predicted molar refractivity (Wildman–Crippen MR) is 77.4 cm³/mol. The van der Waals surface area contributed by atoms with E-state index < -0.39 is 11.4 Å². The minimum Gasteiger partial charge on any atom is -0.481 e. The van der Waals surface area contributed by atoms with Crippen molar-refractivity contribution in [2.24, 2.45) is 11.3 Å². The van der Waals surface area contributed by atoms with Gasteiger partial charge in [-0.25, -0.2) is 0 Å². The van der Waals surface area contributed by atoms with Crippen molar-refractivity contribution < 1.29 is 14.7 Å². The Bertz CT molecular complexity index is 359. The molecule has 1 saturated carbocycles. The third-order valence-corrected chi connectivity index (χ3v) is 5.22. The number of aliphatic carboxylic acids is 1. The molecule has 2 aliphatic rings. The molecule has 1 amide bonds. The summed E-state index contributed by atoms with van der Waals surface area (Å²) >= 11 is 0. The second-order valence-electron chi connectivity index (χ2n) is 6.58. The number of carboxylic acid groups (broad SMARTS) is 1. The number of carbonyl (C=O) groups excluding carboxylic acids is 1. The van der Waals surface area contributed by atoms with Gasteiger partial charge in [-0.3, -0.25) is 9.59 Å². The summed E-state index contributed by atoms with van der Waals surface area (Å²) in [6.07, 6.45) is 7.80. The van der Waals surface area contributed by atoms with Crippen molar-refractivity contribution in [1.82, 2.24) is 4.90 Å². The van der Waals surface area contributed by atoms with Gasteiger partial charge in [0.05, 0.1) is 5.41 Å². The molecule has 1 saturated heterocycles. The Hall–Kier alpha value is -1.06. The van der Waals surface area contributed by atoms with E-state index in [1.54, 1.807) is 0 Å². The largest absolute Gasteiger partial charge is 0.481 e. The minimum absolute atomic E-state index is 0.0604. The molecule has 0 aromatic heterocycles. The van der Waals surface area contributed by atoms with Crippen molar-refractivity contribution in [3.63, 3.8) is 0 Å². The van der Waals surface area contributed by atoms with Crippen LogP contribution in [-0.2, 0) is 9.59 Å². The molecule has 4 heteroatoms. The second-order valence-corrected chi connectivity index (χ2v) is 6.58. The van der Waals surface area contributed by atoms with Crippen LogP contribution >= 0.6 is 0 Å². The molecular weight excluding hydrogens is 254 g/mol. The molecule has 0 aromatic carbocycles. The number of nitrogens with zero attached hydrogens (tertiary/aromatic N) is 1. The number of hydrogen-bond donors (Lipinski definition) is 1. The number of rotatable bonds is 4. The smallest absolute Gasteiger partial charge is 0.310 e. The van der Waals surface area contributed by atoms with Crippen molar-refractivity contribution in [2.45, 2.75) is 64.7 Å². The van der Waals surface area contributed by atoms with Crippen molar-refractivity contribution in [1.29, 1.82) is 0 Å². The Morgan fingerprint density at radius 2 is 1.85 bits per heavy atom. The molecule has 20 heavy (non-hydrogen) atoms. The molecule has 0 bridgehead atoms. The lowest BCUT2D eigenvalue weighted by Crippen LogP contribution is -2.39. The maximum atomic E-state index is 12.5. The fourth-order valence-electron chi connectivity index (χ4n) is 3.67. The van der Waals surface area contributed by atoms with Crippen molar-refractivity contribution >= 4 is 11.9 Å². The van der Waals surface area contributed by atoms with E-state index in [4.69, 9.17) is 0 Å². The van der Waals surface area contributed by atoms with E-state index in [1.165, 1.54) is 0 Å². The molecule has 1 aliphatic heterocycles. The van der Waals surface area contributed by atoms with Gasteiger partial charge in [-0.05, 0) is 25.2 Å². The Kier molecular flexibility index (Phi) is 5.06. The van der Waals surface area contributed by atoms with Gasteiger partial charge in [-0.2, -0.15) is 0 Å². The predicted octanol–water partition coefficient (Wildman–Crippen LogP) is 3.06. The van der Waals surface area contributed by atoms with E-state index in [9.17, 15) is 14.7 Å². The van der Waals surface area contributed by atoms with E-state index in [1.807, 2.05) is 4.90 Å². The SMILES string of the molecule is CCC1CCN(C(=O)CC2(C(=O)O)CCCCCC2)C1. The van der Waals surface area contributed by atoms with Crippen LogP contribution in [0.4, 0.5) is 0 Å². The van der Waals surface area contributed by atoms with Crippen LogP contribution in [0.1, 0.15) is 64.7 Å². The number of carboxylic acids is 1. The van der Waals surface area contributed by atoms with Crippen molar-refractivity contribution in [3.05, 3.63) is 0 Å². The minimum atomic E-state index is -0.794. The Morgan fingerprint density at radius 3 is 2.35 bits per heavy atom. The van der Waals surface area contributed by atoms with Gasteiger partial charge in [0.15, 0.2) is 0 Å². The van der Waals surface area contributed by atoms with Crippen LogP contribution in [0.15, 0.2) is 0 Å². The summed E-state index contributed by atoms with van der Waals surface area (Å²) in [7, 11) is 0. The Morgan fingerprint density at radius 1 is 1.20 bits per heavy atom. The first-order valence-electron chi connectivity index (χ1n) is 8.08. The highest BCUT2D eigenvalue weighted by molar-refractivity contribution is 5.85. The lowest BCUT2D eigenvalue weighted by atomic mass is 9.77. The van der Waals surface area contributed by atoms with Gasteiger partial charge in [0.2, 0.25) is 5.91 Å². The topological polar surface area (TPSA) is 57.6 Å². The molecule has 114 valence electrons. The normalized spacial score (nSPS) is 26.2. The van der Waals surface area contributed by atoms with Gasteiger partial charge in [-0.15, -0.1) is 0 Å². The summed E-state index contributed by atoms with van der Waals surface area (Å²) in [5.74, 6) is -0.0990. The van der Waals surface area contributed by atoms with E-state index in [2.05, 4.69) is 6.92 Å². The van der Waals surface area contributed by atoms with Gasteiger partial charge >= 0.3 is 5.97 Å². The fraction of sp³-hybridized carbons (Fsp3) is 0.875. The maximum Gasteiger partial charge on any atom is 0.310 e. The van der Waals surface area contributed by atoms with Crippen LogP contribution in [0.25, 0.3) is 0 Å². The molecule has 1 unspecified atom stereocenters. The molecule has 1 aliphatic carbocycles. The summed E-state index contributed by atoms with van der Waals surface area (Å²) in [5.41, 5.74) is -0.794. The number of carbonyl (C=O) groups is 2. The number of amides is 1. The number of likely N-dealkylation sites (tertiary alicyclic amines) is 1. The summed E-state index contributed by atoms with van der Waals surface area (Å²) in [6.45, 7) is 3.79. The van der Waals surface area contributed by atoms with E-state index in [0.717, 1.165) is 51.6 Å². The molecule has 1 atom stereocenters. The van der Waals surface area contributed by atoms with Crippen LogP contribution in [0.2, 0.25) is 0 Å². The third-order valence-electron chi connectivity index (χ3n) is 5.22. The molecule has 1 heterocycles. The van der Waals surface area contributed by atoms with Crippen LogP contribution in [0, 0.1) is 11.3 Å². The summed E-state index contributed by atoms with van der Waals surface area (Å²) in [4.78, 5) is 26.1. The monoisotopic (exact) mass is 281 g/mol. The lowest BCUT2D eigenvalue weighted by Gasteiger charge is -2.29. The average Bonchev–Trinajstić information content (AvgIpc) is 2.79. The lowest BCUT2D eigenvalue weighted by molar-refractivity contribution is -0.154. The molecule has 0 spiro atoms. The first-order valence-corrected chi connectivity index (χ1v) is 8.08. The van der Waals surface area contributed by atoms with Crippen LogP contribution < -0.4 is 0 Å². The molecule has 4 nitrogen and oxygen atoms in total. The van der Waals surface area contributed by atoms with Gasteiger partial charge in [-0.1, -0.05) is 39.0 Å². The van der Waals surface area contributed by atoms with Crippen molar-refractivity contribution in [2.75, 3.05) is 13.1 Å². The standard InChI is InChI=1S/C16H27NO3/c1-2-13-7-10-17(12-13)14(18)11-16(15(19)20)8-5-3-4-6-9-16/h13H,2-12H2,1H3,(H,19,20). The average molecular weight is 281 g/mol. The van der Waals surface area contributed by atoms with E-state index in [0.29, 0.717) is 18.8 Å². The summed E-state index contributed by atoms with van der Waals surface area (Å²) in [6, 6.07) is 0. The van der Waals surface area contributed by atoms with Gasteiger partial charge in [0.1, 0.15) is 0 Å². The summed E-state index contributed by atoms with van der Waals surface area (Å²) < 4.78 is 0. The third kappa shape index (κ3) is 3.33. The molecule has 0 aromatic rings. The second kappa shape index (κ2) is 6.59. The molecule has 2 fully saturated rings. The van der Waals surface area contributed by atoms with Gasteiger partial charge in [0.25, 0.3) is 0 Å². The van der Waals surface area contributed by atoms with E-state index >= 15 is 0 Å². The number of hydrogen-bond acceptors (Lipinski definition) is 2. The van der Waals surface area contributed by atoms with Gasteiger partial charge in [0, 0.05) is 19.5 Å². The fourth-order valence-corrected chi connectivity index (χ4v) is 3.67. The van der Waals surface area contributed by atoms with E-state index in [-0.39, 0.29) is 12.3 Å². The highest BCUT2D eigenvalue weighted by atomic mass is 16.4. The molecule has 0 radical (unpaired) electrons. The quantitative estimate of drug-likeness (QED) is 0.806. The maximum absolute atomic E-state index is 12.5. The van der Waals surface area contributed by atoms with Crippen LogP contribution in [0.5, 0.6) is 0 Å². The zero-order valence-electron chi connectivity index (χ0n) is 12.6. The van der Waals surface area contributed by atoms with Crippen LogP contribution in [0.3, 0.4) is 0 Å². The highest BCUT2D eigenvalue weighted by Crippen LogP contribution is 2.39. The summed E-state index contributed by atoms with van der Waals surface area (Å²) in [5, 5.41) is 9.63. The first-order chi connectivity index (χ1) is 9.57. The first kappa shape index (κ1) is 15.3. The van der Waals surface area contributed by atoms with Crippen molar-refractivity contribution in [3.8, 4) is 0 Å². The zero-order valence-corrected chi connectivity index (χ0v) is 12.6. The zero-order chi connectivity index (χ0) is 14.6.